The molecule has 1 atom stereocenters. The minimum Gasteiger partial charge on any atom is -0.502 e. The van der Waals surface area contributed by atoms with Crippen LogP contribution in [0.4, 0.5) is 4.79 Å². The first kappa shape index (κ1) is 21.0. The van der Waals surface area contributed by atoms with Gasteiger partial charge in [0.2, 0.25) is 0 Å². The molecule has 3 aromatic carbocycles. The van der Waals surface area contributed by atoms with Gasteiger partial charge in [-0.15, -0.1) is 0 Å². The highest BCUT2D eigenvalue weighted by Crippen LogP contribution is 2.16. The summed E-state index contributed by atoms with van der Waals surface area (Å²) in [4.78, 5) is 24.2. The van der Waals surface area contributed by atoms with Crippen molar-refractivity contribution in [3.8, 4) is 5.75 Å². The van der Waals surface area contributed by atoms with Crippen LogP contribution < -0.4 is 10.1 Å². The van der Waals surface area contributed by atoms with Crippen LogP contribution in [0.1, 0.15) is 16.7 Å². The molecule has 1 unspecified atom stereocenters. The first-order valence-electron chi connectivity index (χ1n) is 9.61. The average Bonchev–Trinajstić information content (AvgIpc) is 3.30. The van der Waals surface area contributed by atoms with Gasteiger partial charge in [0.15, 0.2) is 0 Å². The molecule has 3 rings (SSSR count). The third-order valence-corrected chi connectivity index (χ3v) is 4.49. The van der Waals surface area contributed by atoms with Gasteiger partial charge in [-0.25, -0.2) is 15.7 Å². The summed E-state index contributed by atoms with van der Waals surface area (Å²) in [6.45, 7) is 0.613. The second kappa shape index (κ2) is 10.8. The zero-order valence-corrected chi connectivity index (χ0v) is 16.7. The number of rotatable bonds is 9. The number of alkyl carbamates (subject to hydrolysis) is 1. The van der Waals surface area contributed by atoms with Crippen LogP contribution in [0, 0.1) is 0 Å². The summed E-state index contributed by atoms with van der Waals surface area (Å²) in [5, 5.41) is 2.58. The van der Waals surface area contributed by atoms with Crippen molar-refractivity contribution in [2.75, 3.05) is 7.11 Å². The molecule has 0 saturated carbocycles. The van der Waals surface area contributed by atoms with Crippen LogP contribution in [0.5, 0.6) is 5.75 Å². The molecule has 0 aliphatic carbocycles. The Labute approximate surface area is 175 Å². The highest BCUT2D eigenvalue weighted by Gasteiger charge is 2.22. The van der Waals surface area contributed by atoms with Crippen molar-refractivity contribution in [2.45, 2.75) is 25.7 Å². The number of hydrogen-bond donors (Lipinski definition) is 1. The maximum atomic E-state index is 12.1. The van der Waals surface area contributed by atoms with E-state index in [2.05, 4.69) is 5.32 Å². The summed E-state index contributed by atoms with van der Waals surface area (Å²) in [6, 6.07) is 23.8. The predicted molar refractivity (Wildman–Crippen MR) is 112 cm³/mol. The SMILES string of the molecule is COC(=O)C(Cc1ccc(OCc2cc[cH-]c2)cc1)NC(=O)OCc1ccccc1. The predicted octanol–water partition coefficient (Wildman–Crippen LogP) is 4.00. The van der Waals surface area contributed by atoms with Crippen LogP contribution in [-0.2, 0) is 33.9 Å². The molecule has 0 aromatic heterocycles. The van der Waals surface area contributed by atoms with Crippen molar-refractivity contribution < 1.29 is 23.8 Å². The smallest absolute Gasteiger partial charge is 0.408 e. The molecule has 1 amide bonds. The number of methoxy groups -OCH3 is 1. The van der Waals surface area contributed by atoms with Gasteiger partial charge in [0, 0.05) is 6.42 Å². The van der Waals surface area contributed by atoms with Crippen LogP contribution in [0.25, 0.3) is 0 Å². The number of ether oxygens (including phenoxy) is 3. The Morgan fingerprint density at radius 1 is 0.933 bits per heavy atom. The fourth-order valence-electron chi connectivity index (χ4n) is 2.88. The molecule has 1 N–H and O–H groups in total. The summed E-state index contributed by atoms with van der Waals surface area (Å²) in [6.07, 6.45) is -0.403. The lowest BCUT2D eigenvalue weighted by molar-refractivity contribution is -0.143. The summed E-state index contributed by atoms with van der Waals surface area (Å²) in [5.74, 6) is 0.188. The van der Waals surface area contributed by atoms with E-state index in [1.807, 2.05) is 78.9 Å². The Bertz CT molecular complexity index is 920. The van der Waals surface area contributed by atoms with Gasteiger partial charge in [0.25, 0.3) is 0 Å². The monoisotopic (exact) mass is 406 g/mol. The quantitative estimate of drug-likeness (QED) is 0.430. The van der Waals surface area contributed by atoms with Crippen LogP contribution in [0.15, 0.2) is 78.9 Å². The maximum absolute atomic E-state index is 12.1. The minimum atomic E-state index is -0.852. The Morgan fingerprint density at radius 2 is 1.70 bits per heavy atom. The molecule has 0 aliphatic heterocycles. The number of nitrogens with one attached hydrogen (secondary N) is 1. The van der Waals surface area contributed by atoms with Gasteiger partial charge < -0.3 is 19.5 Å². The normalized spacial score (nSPS) is 11.4. The maximum Gasteiger partial charge on any atom is 0.408 e. The summed E-state index contributed by atoms with van der Waals surface area (Å²) >= 11 is 0. The zero-order chi connectivity index (χ0) is 21.2. The highest BCUT2D eigenvalue weighted by molar-refractivity contribution is 5.81. The Morgan fingerprint density at radius 3 is 2.37 bits per heavy atom. The zero-order valence-electron chi connectivity index (χ0n) is 16.7. The molecule has 6 heteroatoms. The average molecular weight is 406 g/mol. The van der Waals surface area contributed by atoms with E-state index in [4.69, 9.17) is 14.2 Å². The van der Waals surface area contributed by atoms with Crippen molar-refractivity contribution in [1.82, 2.24) is 5.32 Å². The fraction of sp³-hybridized carbons (Fsp3) is 0.208. The van der Waals surface area contributed by atoms with Crippen molar-refractivity contribution in [3.05, 3.63) is 95.6 Å². The van der Waals surface area contributed by atoms with E-state index in [0.29, 0.717) is 6.61 Å². The standard InChI is InChI=1S/C24H24NO5/c1-28-23(26)22(25-24(27)30-17-20-7-3-2-4-8-20)15-18-11-13-21(14-12-18)29-16-19-9-5-6-10-19/h2-14,22H,15-17H2,1H3,(H,25,27)/q-1. The molecular formula is C24H24NO5-. The van der Waals surface area contributed by atoms with Gasteiger partial charge in [-0.05, 0) is 23.3 Å². The molecule has 30 heavy (non-hydrogen) atoms. The topological polar surface area (TPSA) is 73.9 Å². The van der Waals surface area contributed by atoms with Gasteiger partial charge >= 0.3 is 12.1 Å². The third kappa shape index (κ3) is 6.44. The van der Waals surface area contributed by atoms with E-state index in [-0.39, 0.29) is 13.0 Å². The molecule has 0 radical (unpaired) electrons. The second-order valence-corrected chi connectivity index (χ2v) is 6.71. The minimum absolute atomic E-state index is 0.121. The Balaban J connectivity index is 1.53. The molecule has 0 saturated heterocycles. The third-order valence-electron chi connectivity index (χ3n) is 4.49. The molecule has 0 fully saturated rings. The number of amides is 1. The largest absolute Gasteiger partial charge is 0.502 e. The van der Waals surface area contributed by atoms with Gasteiger partial charge in [-0.3, -0.25) is 0 Å². The number of carbonyl (C=O) groups is 2. The van der Waals surface area contributed by atoms with E-state index in [0.717, 1.165) is 22.4 Å². The summed E-state index contributed by atoms with van der Waals surface area (Å²) in [5.41, 5.74) is 2.82. The van der Waals surface area contributed by atoms with E-state index >= 15 is 0 Å². The van der Waals surface area contributed by atoms with Gasteiger partial charge in [0.05, 0.1) is 13.7 Å². The van der Waals surface area contributed by atoms with E-state index in [1.54, 1.807) is 0 Å². The molecule has 156 valence electrons. The van der Waals surface area contributed by atoms with E-state index in [9.17, 15) is 9.59 Å². The molecular weight excluding hydrogens is 382 g/mol. The Kier molecular flexibility index (Phi) is 7.55. The van der Waals surface area contributed by atoms with E-state index < -0.39 is 18.1 Å². The van der Waals surface area contributed by atoms with Gasteiger partial charge in [-0.1, -0.05) is 42.5 Å². The lowest BCUT2D eigenvalue weighted by atomic mass is 10.1. The van der Waals surface area contributed by atoms with Crippen LogP contribution in [0.2, 0.25) is 0 Å². The van der Waals surface area contributed by atoms with Crippen LogP contribution >= 0.6 is 0 Å². The van der Waals surface area contributed by atoms with Crippen LogP contribution in [-0.4, -0.2) is 25.2 Å². The molecule has 0 bridgehead atoms. The van der Waals surface area contributed by atoms with E-state index in [1.165, 1.54) is 7.11 Å². The fourth-order valence-corrected chi connectivity index (χ4v) is 2.88. The number of hydrogen-bond acceptors (Lipinski definition) is 5. The summed E-state index contributed by atoms with van der Waals surface area (Å²) in [7, 11) is 1.28. The number of benzene rings is 2. The first-order valence-corrected chi connectivity index (χ1v) is 9.61. The Hall–Kier alpha value is -3.67. The lowest BCUT2D eigenvalue weighted by Crippen LogP contribution is -2.43. The number of esters is 1. The van der Waals surface area contributed by atoms with Crippen molar-refractivity contribution in [2.24, 2.45) is 0 Å². The molecule has 0 aliphatic rings. The molecule has 6 nitrogen and oxygen atoms in total. The molecule has 0 spiro atoms. The van der Waals surface area contributed by atoms with Gasteiger partial charge in [-0.2, -0.15) is 23.8 Å². The van der Waals surface area contributed by atoms with Crippen LogP contribution in [0.3, 0.4) is 0 Å². The van der Waals surface area contributed by atoms with Gasteiger partial charge in [0.1, 0.15) is 18.4 Å². The highest BCUT2D eigenvalue weighted by atomic mass is 16.6. The van der Waals surface area contributed by atoms with Crippen molar-refractivity contribution >= 4 is 12.1 Å². The second-order valence-electron chi connectivity index (χ2n) is 6.71. The summed E-state index contributed by atoms with van der Waals surface area (Å²) < 4.78 is 15.8. The van der Waals surface area contributed by atoms with Crippen molar-refractivity contribution in [3.63, 3.8) is 0 Å². The first-order chi connectivity index (χ1) is 14.6. The number of carbonyl (C=O) groups excluding carboxylic acids is 2. The molecule has 3 aromatic rings. The molecule has 0 heterocycles. The van der Waals surface area contributed by atoms with Crippen molar-refractivity contribution in [1.29, 1.82) is 0 Å². The lowest BCUT2D eigenvalue weighted by Gasteiger charge is -2.17.